The van der Waals surface area contributed by atoms with Crippen molar-refractivity contribution < 1.29 is 17.9 Å². The predicted octanol–water partition coefficient (Wildman–Crippen LogP) is 3.71. The van der Waals surface area contributed by atoms with Gasteiger partial charge in [-0.15, -0.1) is 0 Å². The van der Waals surface area contributed by atoms with E-state index in [1.807, 2.05) is 13.8 Å². The molecule has 1 aliphatic heterocycles. The van der Waals surface area contributed by atoms with Gasteiger partial charge in [-0.2, -0.15) is 13.2 Å². The first kappa shape index (κ1) is 15.3. The number of hydrogen-bond donors (Lipinski definition) is 1. The predicted molar refractivity (Wildman–Crippen MR) is 71.4 cm³/mol. The molecule has 2 rings (SSSR count). The molecule has 2 atom stereocenters. The molecule has 1 aromatic carbocycles. The third kappa shape index (κ3) is 3.33. The molecule has 1 heterocycles. The third-order valence-electron chi connectivity index (χ3n) is 3.84. The Labute approximate surface area is 117 Å². The van der Waals surface area contributed by atoms with Gasteiger partial charge >= 0.3 is 6.18 Å². The van der Waals surface area contributed by atoms with Gasteiger partial charge in [0.2, 0.25) is 0 Å². The summed E-state index contributed by atoms with van der Waals surface area (Å²) in [7, 11) is 0. The second-order valence-corrected chi connectivity index (χ2v) is 5.40. The maximum atomic E-state index is 12.6. The summed E-state index contributed by atoms with van der Waals surface area (Å²) >= 11 is 0. The maximum absolute atomic E-state index is 12.6. The highest BCUT2D eigenvalue weighted by atomic mass is 19.4. The van der Waals surface area contributed by atoms with Crippen LogP contribution in [-0.4, -0.2) is 19.2 Å². The van der Waals surface area contributed by atoms with E-state index in [2.05, 4.69) is 5.32 Å². The lowest BCUT2D eigenvalue weighted by atomic mass is 9.85. The van der Waals surface area contributed by atoms with E-state index in [0.717, 1.165) is 37.1 Å². The molecule has 5 heteroatoms. The Hall–Kier alpha value is -1.07. The molecular formula is C15H20F3NO. The number of nitrogens with one attached hydrogen (secondary N) is 1. The molecule has 112 valence electrons. The van der Waals surface area contributed by atoms with Gasteiger partial charge in [0, 0.05) is 12.6 Å². The van der Waals surface area contributed by atoms with Crippen molar-refractivity contribution in [2.24, 2.45) is 0 Å². The lowest BCUT2D eigenvalue weighted by Crippen LogP contribution is -2.43. The fourth-order valence-electron chi connectivity index (χ4n) is 2.73. The monoisotopic (exact) mass is 287 g/mol. The van der Waals surface area contributed by atoms with Crippen molar-refractivity contribution in [3.05, 3.63) is 35.4 Å². The van der Waals surface area contributed by atoms with Crippen LogP contribution < -0.4 is 5.32 Å². The van der Waals surface area contributed by atoms with Gasteiger partial charge in [0.05, 0.1) is 11.2 Å². The Morgan fingerprint density at radius 3 is 2.50 bits per heavy atom. The third-order valence-corrected chi connectivity index (χ3v) is 3.84. The van der Waals surface area contributed by atoms with Gasteiger partial charge in [-0.1, -0.05) is 19.1 Å². The van der Waals surface area contributed by atoms with E-state index in [9.17, 15) is 13.2 Å². The normalized spacial score (nSPS) is 27.6. The first-order valence-electron chi connectivity index (χ1n) is 6.90. The van der Waals surface area contributed by atoms with Gasteiger partial charge in [-0.05, 0) is 44.0 Å². The van der Waals surface area contributed by atoms with Gasteiger partial charge in [0.1, 0.15) is 0 Å². The Morgan fingerprint density at radius 1 is 1.30 bits per heavy atom. The summed E-state index contributed by atoms with van der Waals surface area (Å²) in [6, 6.07) is 5.65. The van der Waals surface area contributed by atoms with Crippen LogP contribution in [0.4, 0.5) is 13.2 Å². The number of halogens is 3. The van der Waals surface area contributed by atoms with Crippen LogP contribution in [0, 0.1) is 0 Å². The Bertz CT molecular complexity index is 441. The van der Waals surface area contributed by atoms with E-state index >= 15 is 0 Å². The lowest BCUT2D eigenvalue weighted by molar-refractivity contribution is -0.137. The molecule has 0 amide bonds. The number of ether oxygens (including phenoxy) is 1. The van der Waals surface area contributed by atoms with Crippen LogP contribution in [0.1, 0.15) is 37.8 Å². The van der Waals surface area contributed by atoms with Crippen molar-refractivity contribution in [2.75, 3.05) is 13.2 Å². The fourth-order valence-corrected chi connectivity index (χ4v) is 2.73. The average Bonchev–Trinajstić information content (AvgIpc) is 2.38. The molecule has 1 saturated heterocycles. The molecule has 0 spiro atoms. The van der Waals surface area contributed by atoms with Gasteiger partial charge in [-0.3, -0.25) is 0 Å². The van der Waals surface area contributed by atoms with Crippen LogP contribution in [-0.2, 0) is 16.5 Å². The molecule has 1 aliphatic rings. The largest absolute Gasteiger partial charge is 0.416 e. The van der Waals surface area contributed by atoms with Gasteiger partial charge in [-0.25, -0.2) is 0 Å². The highest BCUT2D eigenvalue weighted by molar-refractivity contribution is 5.29. The zero-order valence-electron chi connectivity index (χ0n) is 11.8. The van der Waals surface area contributed by atoms with Crippen LogP contribution in [0.2, 0.25) is 0 Å². The SMILES string of the molecule is CCNC1CCOC(C)(c2ccc(C(F)(F)F)cc2)C1. The molecule has 0 aliphatic carbocycles. The molecule has 1 N–H and O–H groups in total. The van der Waals surface area contributed by atoms with Gasteiger partial charge < -0.3 is 10.1 Å². The quantitative estimate of drug-likeness (QED) is 0.915. The molecule has 0 bridgehead atoms. The molecule has 0 radical (unpaired) electrons. The van der Waals surface area contributed by atoms with E-state index in [1.54, 1.807) is 0 Å². The van der Waals surface area contributed by atoms with E-state index in [0.29, 0.717) is 12.6 Å². The Morgan fingerprint density at radius 2 is 1.95 bits per heavy atom. The Kier molecular flexibility index (Phi) is 4.39. The van der Waals surface area contributed by atoms with Crippen LogP contribution in [0.15, 0.2) is 24.3 Å². The lowest BCUT2D eigenvalue weighted by Gasteiger charge is -2.39. The molecule has 0 aromatic heterocycles. The average molecular weight is 287 g/mol. The van der Waals surface area contributed by atoms with Gasteiger partial charge in [0.15, 0.2) is 0 Å². The minimum atomic E-state index is -4.29. The van der Waals surface area contributed by atoms with Crippen molar-refractivity contribution in [3.8, 4) is 0 Å². The molecular weight excluding hydrogens is 267 g/mol. The van der Waals surface area contributed by atoms with E-state index < -0.39 is 17.3 Å². The molecule has 1 fully saturated rings. The zero-order valence-corrected chi connectivity index (χ0v) is 11.8. The Balaban J connectivity index is 2.17. The van der Waals surface area contributed by atoms with Crippen molar-refractivity contribution in [2.45, 2.75) is 44.5 Å². The van der Waals surface area contributed by atoms with E-state index in [1.165, 1.54) is 12.1 Å². The van der Waals surface area contributed by atoms with Crippen LogP contribution in [0.5, 0.6) is 0 Å². The van der Waals surface area contributed by atoms with Crippen molar-refractivity contribution in [3.63, 3.8) is 0 Å². The summed E-state index contributed by atoms with van der Waals surface area (Å²) < 4.78 is 43.6. The highest BCUT2D eigenvalue weighted by Gasteiger charge is 2.36. The topological polar surface area (TPSA) is 21.3 Å². The summed E-state index contributed by atoms with van der Waals surface area (Å²) in [5.74, 6) is 0. The number of alkyl halides is 3. The van der Waals surface area contributed by atoms with Gasteiger partial charge in [0.25, 0.3) is 0 Å². The highest BCUT2D eigenvalue weighted by Crippen LogP contribution is 2.36. The van der Waals surface area contributed by atoms with Crippen LogP contribution in [0.3, 0.4) is 0 Å². The molecule has 20 heavy (non-hydrogen) atoms. The first-order chi connectivity index (χ1) is 9.35. The second kappa shape index (κ2) is 5.74. The summed E-state index contributed by atoms with van der Waals surface area (Å²) in [5.41, 5.74) is -0.341. The molecule has 0 saturated carbocycles. The van der Waals surface area contributed by atoms with Crippen LogP contribution in [0.25, 0.3) is 0 Å². The second-order valence-electron chi connectivity index (χ2n) is 5.40. The summed E-state index contributed by atoms with van der Waals surface area (Å²) in [6.07, 6.45) is -2.59. The van der Waals surface area contributed by atoms with E-state index in [4.69, 9.17) is 4.74 Å². The minimum absolute atomic E-state index is 0.348. The summed E-state index contributed by atoms with van der Waals surface area (Å²) in [6.45, 7) is 5.49. The molecule has 1 aromatic rings. The number of hydrogen-bond acceptors (Lipinski definition) is 2. The van der Waals surface area contributed by atoms with E-state index in [-0.39, 0.29) is 0 Å². The molecule has 2 nitrogen and oxygen atoms in total. The van der Waals surface area contributed by atoms with Crippen molar-refractivity contribution >= 4 is 0 Å². The van der Waals surface area contributed by atoms with Crippen molar-refractivity contribution in [1.29, 1.82) is 0 Å². The summed E-state index contributed by atoms with van der Waals surface area (Å²) in [5, 5.41) is 3.39. The number of rotatable bonds is 3. The number of benzene rings is 1. The van der Waals surface area contributed by atoms with Crippen LogP contribution >= 0.6 is 0 Å². The smallest absolute Gasteiger partial charge is 0.370 e. The standard InChI is InChI=1S/C15H20F3NO/c1-3-19-13-8-9-20-14(2,10-13)11-4-6-12(7-5-11)15(16,17)18/h4-7,13,19H,3,8-10H2,1-2H3. The minimum Gasteiger partial charge on any atom is -0.370 e. The summed E-state index contributed by atoms with van der Waals surface area (Å²) in [4.78, 5) is 0. The zero-order chi connectivity index (χ0) is 14.8. The first-order valence-corrected chi connectivity index (χ1v) is 6.90. The van der Waals surface area contributed by atoms with Crippen molar-refractivity contribution in [1.82, 2.24) is 5.32 Å². The molecule has 2 unspecified atom stereocenters. The maximum Gasteiger partial charge on any atom is 0.416 e. The fraction of sp³-hybridized carbons (Fsp3) is 0.600.